The Morgan fingerprint density at radius 2 is 1.87 bits per heavy atom. The molecule has 5 heteroatoms. The molecule has 1 aliphatic rings. The molecule has 0 saturated carbocycles. The van der Waals surface area contributed by atoms with Crippen molar-refractivity contribution < 1.29 is 0 Å². The molecule has 3 aromatic rings. The first-order valence-corrected chi connectivity index (χ1v) is 8.12. The van der Waals surface area contributed by atoms with Crippen molar-refractivity contribution in [3.8, 4) is 11.3 Å². The first kappa shape index (κ1) is 14.4. The van der Waals surface area contributed by atoms with Gasteiger partial charge in [0.05, 0.1) is 11.4 Å². The lowest BCUT2D eigenvalue weighted by atomic mass is 10.1. The van der Waals surface area contributed by atoms with Gasteiger partial charge in [0.1, 0.15) is 5.65 Å². The van der Waals surface area contributed by atoms with Crippen molar-refractivity contribution in [2.75, 3.05) is 26.2 Å². The number of piperazine rings is 1. The van der Waals surface area contributed by atoms with Crippen LogP contribution in [0.4, 0.5) is 0 Å². The highest BCUT2D eigenvalue weighted by atomic mass is 15.2. The molecule has 1 saturated heterocycles. The van der Waals surface area contributed by atoms with Crippen molar-refractivity contribution in [1.29, 1.82) is 0 Å². The van der Waals surface area contributed by atoms with Gasteiger partial charge in [0.2, 0.25) is 0 Å². The van der Waals surface area contributed by atoms with E-state index >= 15 is 0 Å². The smallest absolute Gasteiger partial charge is 0.137 e. The van der Waals surface area contributed by atoms with Crippen LogP contribution in [0.2, 0.25) is 0 Å². The summed E-state index contributed by atoms with van der Waals surface area (Å²) in [5.41, 5.74) is 5.71. The molecule has 0 unspecified atom stereocenters. The molecular formula is C18H21N5. The number of hydrogen-bond acceptors (Lipinski definition) is 4. The van der Waals surface area contributed by atoms with Gasteiger partial charge in [-0.15, -0.1) is 0 Å². The topological polar surface area (TPSA) is 45.5 Å². The van der Waals surface area contributed by atoms with Crippen molar-refractivity contribution in [3.05, 3.63) is 54.1 Å². The third kappa shape index (κ3) is 2.85. The van der Waals surface area contributed by atoms with E-state index in [1.54, 1.807) is 0 Å². The Morgan fingerprint density at radius 1 is 1.09 bits per heavy atom. The molecule has 1 aliphatic heterocycles. The Bertz CT molecular complexity index is 803. The van der Waals surface area contributed by atoms with Gasteiger partial charge in [-0.3, -0.25) is 9.88 Å². The first-order chi connectivity index (χ1) is 11.3. The molecule has 118 valence electrons. The highest BCUT2D eigenvalue weighted by Gasteiger charge is 2.18. The largest absolute Gasteiger partial charge is 0.314 e. The number of rotatable bonds is 3. The summed E-state index contributed by atoms with van der Waals surface area (Å²) in [5, 5.41) is 3.41. The fraction of sp³-hybridized carbons (Fsp3) is 0.333. The zero-order valence-electron chi connectivity index (χ0n) is 13.4. The first-order valence-electron chi connectivity index (χ1n) is 8.12. The summed E-state index contributed by atoms with van der Waals surface area (Å²) < 4.78 is 2.24. The number of aromatic nitrogens is 3. The van der Waals surface area contributed by atoms with Crippen LogP contribution in [0.15, 0.2) is 42.9 Å². The van der Waals surface area contributed by atoms with Crippen LogP contribution in [-0.2, 0) is 6.54 Å². The third-order valence-electron chi connectivity index (χ3n) is 4.40. The average molecular weight is 307 g/mol. The third-order valence-corrected chi connectivity index (χ3v) is 4.40. The Kier molecular flexibility index (Phi) is 3.81. The maximum Gasteiger partial charge on any atom is 0.137 e. The summed E-state index contributed by atoms with van der Waals surface area (Å²) in [5.74, 6) is 0. The maximum atomic E-state index is 4.88. The Morgan fingerprint density at radius 3 is 2.65 bits per heavy atom. The summed E-state index contributed by atoms with van der Waals surface area (Å²) in [6.07, 6.45) is 5.85. The number of imidazole rings is 1. The molecule has 5 nitrogen and oxygen atoms in total. The molecule has 1 N–H and O–H groups in total. The van der Waals surface area contributed by atoms with E-state index in [0.717, 1.165) is 49.6 Å². The summed E-state index contributed by atoms with van der Waals surface area (Å²) in [6, 6.07) is 8.29. The Labute approximate surface area is 136 Å². The number of nitrogens with zero attached hydrogens (tertiary/aromatic N) is 4. The number of nitrogens with one attached hydrogen (secondary N) is 1. The lowest BCUT2D eigenvalue weighted by Gasteiger charge is -2.27. The average Bonchev–Trinajstić information content (AvgIpc) is 2.95. The minimum Gasteiger partial charge on any atom is -0.314 e. The lowest BCUT2D eigenvalue weighted by Crippen LogP contribution is -2.43. The predicted molar refractivity (Wildman–Crippen MR) is 91.3 cm³/mol. The molecule has 0 atom stereocenters. The Balaban J connectivity index is 1.82. The maximum absolute atomic E-state index is 4.88. The molecule has 0 spiro atoms. The summed E-state index contributed by atoms with van der Waals surface area (Å²) in [6.45, 7) is 7.31. The number of hydrogen-bond donors (Lipinski definition) is 1. The van der Waals surface area contributed by atoms with E-state index in [-0.39, 0.29) is 0 Å². The van der Waals surface area contributed by atoms with Gasteiger partial charge in [-0.2, -0.15) is 0 Å². The van der Waals surface area contributed by atoms with Crippen LogP contribution in [0.25, 0.3) is 16.9 Å². The van der Waals surface area contributed by atoms with Crippen molar-refractivity contribution in [2.45, 2.75) is 13.5 Å². The molecule has 0 bridgehead atoms. The lowest BCUT2D eigenvalue weighted by molar-refractivity contribution is 0.230. The van der Waals surface area contributed by atoms with E-state index in [1.165, 1.54) is 11.3 Å². The molecule has 0 radical (unpaired) electrons. The van der Waals surface area contributed by atoms with E-state index in [4.69, 9.17) is 4.98 Å². The van der Waals surface area contributed by atoms with Crippen LogP contribution in [0.5, 0.6) is 0 Å². The monoisotopic (exact) mass is 307 g/mol. The SMILES string of the molecule is Cc1ccc2nc(-c3ccncc3)c(CN3CCNCC3)n2c1. The van der Waals surface area contributed by atoms with E-state index in [0.29, 0.717) is 0 Å². The summed E-state index contributed by atoms with van der Waals surface area (Å²) in [4.78, 5) is 11.5. The zero-order valence-corrected chi connectivity index (χ0v) is 13.4. The van der Waals surface area contributed by atoms with Crippen molar-refractivity contribution in [1.82, 2.24) is 24.6 Å². The predicted octanol–water partition coefficient (Wildman–Crippen LogP) is 2.11. The fourth-order valence-corrected chi connectivity index (χ4v) is 3.17. The fourth-order valence-electron chi connectivity index (χ4n) is 3.17. The van der Waals surface area contributed by atoms with Gasteiger partial charge < -0.3 is 9.72 Å². The van der Waals surface area contributed by atoms with Gasteiger partial charge in [-0.25, -0.2) is 4.98 Å². The van der Waals surface area contributed by atoms with E-state index < -0.39 is 0 Å². The minimum absolute atomic E-state index is 0.921. The number of fused-ring (bicyclic) bond motifs is 1. The van der Waals surface area contributed by atoms with Crippen LogP contribution in [-0.4, -0.2) is 45.4 Å². The number of aryl methyl sites for hydroxylation is 1. The van der Waals surface area contributed by atoms with E-state index in [2.05, 4.69) is 44.9 Å². The second-order valence-electron chi connectivity index (χ2n) is 6.10. The summed E-state index contributed by atoms with van der Waals surface area (Å²) >= 11 is 0. The summed E-state index contributed by atoms with van der Waals surface area (Å²) in [7, 11) is 0. The molecule has 0 aliphatic carbocycles. The Hall–Kier alpha value is -2.24. The van der Waals surface area contributed by atoms with Gasteiger partial charge in [0.25, 0.3) is 0 Å². The normalized spacial score (nSPS) is 16.0. The van der Waals surface area contributed by atoms with E-state index in [1.807, 2.05) is 24.5 Å². The van der Waals surface area contributed by atoms with Gasteiger partial charge in [-0.1, -0.05) is 6.07 Å². The van der Waals surface area contributed by atoms with Gasteiger partial charge in [0.15, 0.2) is 0 Å². The molecular weight excluding hydrogens is 286 g/mol. The second-order valence-corrected chi connectivity index (χ2v) is 6.10. The van der Waals surface area contributed by atoms with Crippen LogP contribution in [0, 0.1) is 6.92 Å². The van der Waals surface area contributed by atoms with Crippen LogP contribution < -0.4 is 5.32 Å². The number of pyridine rings is 2. The molecule has 4 heterocycles. The van der Waals surface area contributed by atoms with Crippen molar-refractivity contribution in [3.63, 3.8) is 0 Å². The molecule has 4 rings (SSSR count). The van der Waals surface area contributed by atoms with Gasteiger partial charge >= 0.3 is 0 Å². The molecule has 1 fully saturated rings. The van der Waals surface area contributed by atoms with Crippen molar-refractivity contribution >= 4 is 5.65 Å². The molecule has 3 aromatic heterocycles. The molecule has 0 amide bonds. The zero-order chi connectivity index (χ0) is 15.6. The van der Waals surface area contributed by atoms with Crippen molar-refractivity contribution in [2.24, 2.45) is 0 Å². The highest BCUT2D eigenvalue weighted by molar-refractivity contribution is 5.66. The van der Waals surface area contributed by atoms with Gasteiger partial charge in [-0.05, 0) is 30.7 Å². The van der Waals surface area contributed by atoms with Crippen LogP contribution in [0.3, 0.4) is 0 Å². The van der Waals surface area contributed by atoms with E-state index in [9.17, 15) is 0 Å². The molecule has 23 heavy (non-hydrogen) atoms. The standard InChI is InChI=1S/C18H21N5/c1-14-2-3-17-21-18(15-4-6-19-7-5-15)16(23(17)12-14)13-22-10-8-20-9-11-22/h2-7,12,20H,8-11,13H2,1H3. The second kappa shape index (κ2) is 6.10. The van der Waals surface area contributed by atoms with Gasteiger partial charge in [0, 0.05) is 56.9 Å². The highest BCUT2D eigenvalue weighted by Crippen LogP contribution is 2.25. The molecule has 0 aromatic carbocycles. The minimum atomic E-state index is 0.921. The quantitative estimate of drug-likeness (QED) is 0.805. The van der Waals surface area contributed by atoms with Crippen LogP contribution >= 0.6 is 0 Å². The van der Waals surface area contributed by atoms with Crippen LogP contribution in [0.1, 0.15) is 11.3 Å².